The average molecular weight is 759 g/mol. The molecule has 2 nitrogen and oxygen atoms in total. The highest BCUT2D eigenvalue weighted by atomic mass is 15.2. The number of hydrogen-bond acceptors (Lipinski definition) is 2. The third kappa shape index (κ3) is 8.49. The molecule has 0 spiro atoms. The predicted molar refractivity (Wildman–Crippen MR) is 252 cm³/mol. The molecule has 0 aliphatic heterocycles. The van der Waals surface area contributed by atoms with Gasteiger partial charge in [-0.15, -0.1) is 0 Å². The van der Waals surface area contributed by atoms with Gasteiger partial charge in [-0.05, 0) is 111 Å². The fourth-order valence-electron chi connectivity index (χ4n) is 8.04. The van der Waals surface area contributed by atoms with Crippen molar-refractivity contribution in [3.8, 4) is 33.4 Å². The van der Waals surface area contributed by atoms with Crippen molar-refractivity contribution in [2.75, 3.05) is 10.2 Å². The lowest BCUT2D eigenvalue weighted by Crippen LogP contribution is -2.31. The molecule has 284 valence electrons. The Hall–Kier alpha value is -7.42. The van der Waals surface area contributed by atoms with Crippen LogP contribution in [0.4, 0.5) is 17.1 Å². The first kappa shape index (κ1) is 37.2. The number of allylic oxidation sites excluding steroid dienone is 9. The van der Waals surface area contributed by atoms with Crippen LogP contribution in [-0.4, -0.2) is 6.04 Å². The van der Waals surface area contributed by atoms with Crippen LogP contribution in [0, 0.1) is 6.92 Å². The van der Waals surface area contributed by atoms with E-state index in [0.717, 1.165) is 45.8 Å². The Bertz CT molecular complexity index is 2690. The van der Waals surface area contributed by atoms with Gasteiger partial charge in [0.2, 0.25) is 0 Å². The number of rotatable bonds is 10. The summed E-state index contributed by atoms with van der Waals surface area (Å²) in [6.45, 7) is 2.20. The van der Waals surface area contributed by atoms with Crippen molar-refractivity contribution >= 4 is 28.2 Å². The summed E-state index contributed by atoms with van der Waals surface area (Å²) < 4.78 is 0. The Kier molecular flexibility index (Phi) is 11.0. The van der Waals surface area contributed by atoms with Crippen LogP contribution in [0.25, 0.3) is 44.5 Å². The maximum Gasteiger partial charge on any atom is 0.0712 e. The SMILES string of the molecule is Cc1ccccc1N(C1=CC(c2ccccc2)=CCC=C1)C1C=CC=C(c2ccc(-c3ccccc3)c(Nc3cc(-c4ccccc4)cc(-c4ccccc4)c3)c2)C=C1. The molecule has 0 amide bonds. The minimum atomic E-state index is -0.0193. The van der Waals surface area contributed by atoms with E-state index in [1.807, 2.05) is 0 Å². The molecule has 2 aliphatic carbocycles. The first-order valence-electron chi connectivity index (χ1n) is 20.4. The molecule has 0 bridgehead atoms. The average Bonchev–Trinajstić information content (AvgIpc) is 3.70. The van der Waals surface area contributed by atoms with Crippen molar-refractivity contribution in [1.82, 2.24) is 0 Å². The standard InChI is InChI=1S/C57H46N2/c1-42-19-14-17-32-57(42)59(54-30-16-15-28-48(40-54)43-20-6-2-7-21-43)53-31-18-29-46(33-35-53)49-34-36-55(47-26-12-5-13-27-47)56(41-49)58-52-38-50(44-22-8-3-9-23-44)37-51(39-52)45-24-10-4-11-25-45/h2-14,16-41,53,58H,15H2,1H3. The fraction of sp³-hybridized carbons (Fsp3) is 0.0526. The van der Waals surface area contributed by atoms with Crippen LogP contribution in [0.3, 0.4) is 0 Å². The van der Waals surface area contributed by atoms with E-state index in [9.17, 15) is 0 Å². The van der Waals surface area contributed by atoms with Crippen molar-refractivity contribution in [2.45, 2.75) is 19.4 Å². The second-order valence-electron chi connectivity index (χ2n) is 15.0. The van der Waals surface area contributed by atoms with Crippen LogP contribution in [0.2, 0.25) is 0 Å². The molecule has 1 atom stereocenters. The number of anilines is 3. The van der Waals surface area contributed by atoms with Crippen LogP contribution in [0.5, 0.6) is 0 Å². The van der Waals surface area contributed by atoms with Gasteiger partial charge >= 0.3 is 0 Å². The lowest BCUT2D eigenvalue weighted by atomic mass is 9.96. The summed E-state index contributed by atoms with van der Waals surface area (Å²) in [6.07, 6.45) is 21.5. The van der Waals surface area contributed by atoms with Crippen LogP contribution >= 0.6 is 0 Å². The summed E-state index contributed by atoms with van der Waals surface area (Å²) in [6, 6.07) is 64.9. The van der Waals surface area contributed by atoms with Crippen LogP contribution < -0.4 is 10.2 Å². The molecule has 1 N–H and O–H groups in total. The summed E-state index contributed by atoms with van der Waals surface area (Å²) in [5.74, 6) is 0. The van der Waals surface area contributed by atoms with Crippen molar-refractivity contribution in [3.05, 3.63) is 259 Å². The maximum absolute atomic E-state index is 3.91. The molecular formula is C57H46N2. The highest BCUT2D eigenvalue weighted by Crippen LogP contribution is 2.38. The topological polar surface area (TPSA) is 15.3 Å². The van der Waals surface area contributed by atoms with Gasteiger partial charge in [-0.2, -0.15) is 0 Å². The van der Waals surface area contributed by atoms with Gasteiger partial charge in [0.15, 0.2) is 0 Å². The Morgan fingerprint density at radius 2 is 1.12 bits per heavy atom. The molecule has 0 saturated heterocycles. The summed E-state index contributed by atoms with van der Waals surface area (Å²) in [5.41, 5.74) is 17.4. The lowest BCUT2D eigenvalue weighted by Gasteiger charge is -2.32. The Balaban J connectivity index is 1.09. The zero-order valence-electron chi connectivity index (χ0n) is 33.2. The summed E-state index contributed by atoms with van der Waals surface area (Å²) in [7, 11) is 0. The molecule has 0 fully saturated rings. The van der Waals surface area contributed by atoms with Gasteiger partial charge in [0.1, 0.15) is 0 Å². The van der Waals surface area contributed by atoms with Crippen molar-refractivity contribution < 1.29 is 0 Å². The smallest absolute Gasteiger partial charge is 0.0712 e. The number of aryl methyl sites for hydroxylation is 1. The highest BCUT2D eigenvalue weighted by Gasteiger charge is 2.22. The monoisotopic (exact) mass is 758 g/mol. The minimum absolute atomic E-state index is 0.0193. The van der Waals surface area contributed by atoms with E-state index < -0.39 is 0 Å². The molecule has 9 rings (SSSR count). The van der Waals surface area contributed by atoms with Crippen LogP contribution in [0.1, 0.15) is 23.1 Å². The Labute approximate surface area is 348 Å². The number of benzene rings is 7. The second-order valence-corrected chi connectivity index (χ2v) is 15.0. The molecule has 0 saturated carbocycles. The first-order chi connectivity index (χ1) is 29.2. The van der Waals surface area contributed by atoms with E-state index in [2.05, 4.69) is 254 Å². The summed E-state index contributed by atoms with van der Waals surface area (Å²) in [5, 5.41) is 3.91. The number of nitrogens with one attached hydrogen (secondary N) is 1. The van der Waals surface area contributed by atoms with Crippen molar-refractivity contribution in [1.29, 1.82) is 0 Å². The van der Waals surface area contributed by atoms with E-state index in [-0.39, 0.29) is 6.04 Å². The summed E-state index contributed by atoms with van der Waals surface area (Å²) >= 11 is 0. The maximum atomic E-state index is 3.91. The van der Waals surface area contributed by atoms with Gasteiger partial charge in [-0.25, -0.2) is 0 Å². The fourth-order valence-corrected chi connectivity index (χ4v) is 8.04. The molecule has 1 unspecified atom stereocenters. The van der Waals surface area contributed by atoms with Gasteiger partial charge in [-0.3, -0.25) is 0 Å². The molecular weight excluding hydrogens is 713 g/mol. The van der Waals surface area contributed by atoms with Crippen LogP contribution in [-0.2, 0) is 0 Å². The third-order valence-corrected chi connectivity index (χ3v) is 11.0. The van der Waals surface area contributed by atoms with E-state index >= 15 is 0 Å². The first-order valence-corrected chi connectivity index (χ1v) is 20.4. The molecule has 0 aromatic heterocycles. The van der Waals surface area contributed by atoms with E-state index in [4.69, 9.17) is 0 Å². The molecule has 0 heterocycles. The van der Waals surface area contributed by atoms with Gasteiger partial charge in [0.05, 0.1) is 6.04 Å². The zero-order chi connectivity index (χ0) is 39.8. The van der Waals surface area contributed by atoms with E-state index in [1.165, 1.54) is 44.6 Å². The Morgan fingerprint density at radius 3 is 1.78 bits per heavy atom. The van der Waals surface area contributed by atoms with Crippen LogP contribution in [0.15, 0.2) is 242 Å². The van der Waals surface area contributed by atoms with E-state index in [0.29, 0.717) is 0 Å². The van der Waals surface area contributed by atoms with Crippen molar-refractivity contribution in [3.63, 3.8) is 0 Å². The number of hydrogen-bond donors (Lipinski definition) is 1. The van der Waals surface area contributed by atoms with Gasteiger partial charge in [0, 0.05) is 28.3 Å². The lowest BCUT2D eigenvalue weighted by molar-refractivity contribution is 0.901. The molecule has 2 heteroatoms. The third-order valence-electron chi connectivity index (χ3n) is 11.0. The Morgan fingerprint density at radius 1 is 0.508 bits per heavy atom. The quantitative estimate of drug-likeness (QED) is 0.149. The minimum Gasteiger partial charge on any atom is -0.355 e. The second kappa shape index (κ2) is 17.4. The molecule has 7 aromatic carbocycles. The van der Waals surface area contributed by atoms with E-state index in [1.54, 1.807) is 0 Å². The van der Waals surface area contributed by atoms with Gasteiger partial charge < -0.3 is 10.2 Å². The molecule has 7 aromatic rings. The van der Waals surface area contributed by atoms with Gasteiger partial charge in [-0.1, -0.05) is 194 Å². The molecule has 2 aliphatic rings. The number of para-hydroxylation sites is 1. The summed E-state index contributed by atoms with van der Waals surface area (Å²) in [4.78, 5) is 2.47. The largest absolute Gasteiger partial charge is 0.355 e. The molecule has 59 heavy (non-hydrogen) atoms. The normalized spacial score (nSPS) is 14.7. The van der Waals surface area contributed by atoms with Gasteiger partial charge in [0.25, 0.3) is 0 Å². The number of nitrogens with zero attached hydrogens (tertiary/aromatic N) is 1. The zero-order valence-corrected chi connectivity index (χ0v) is 33.2. The molecule has 0 radical (unpaired) electrons. The van der Waals surface area contributed by atoms with Crippen molar-refractivity contribution in [2.24, 2.45) is 0 Å². The highest BCUT2D eigenvalue weighted by molar-refractivity contribution is 5.89. The predicted octanol–water partition coefficient (Wildman–Crippen LogP) is 15.1.